The van der Waals surface area contributed by atoms with Gasteiger partial charge in [-0.25, -0.2) is 9.13 Å². The Labute approximate surface area is 208 Å². The molecule has 1 atom stereocenters. The van der Waals surface area contributed by atoms with Crippen LogP contribution in [0, 0.1) is 0 Å². The molecule has 0 spiro atoms. The monoisotopic (exact) mass is 484 g/mol. The summed E-state index contributed by atoms with van der Waals surface area (Å²) in [7, 11) is 3.54. The lowest BCUT2D eigenvalue weighted by molar-refractivity contribution is -0.882. The summed E-state index contributed by atoms with van der Waals surface area (Å²) in [6.45, 7) is 2.29. The first-order valence-electron chi connectivity index (χ1n) is 14.5. The molecule has 0 amide bonds. The second kappa shape index (κ2) is 23.3. The van der Waals surface area contributed by atoms with Gasteiger partial charge in [0.2, 0.25) is 0 Å². The Hall–Kier alpha value is -0.400. The molecule has 33 heavy (non-hydrogen) atoms. The standard InChI is InChI=1S/C29H59NO2P/c1-5-6-7-8-9-10-11-12-13-14-15-16-17-18-19-20-21-22-23-24-25-26-27-28-29(33(31)32)30(2,3)4/h24-25,29H,5-23,26-28H2,1-4H3/q+1. The minimum absolute atomic E-state index is 0.261. The first kappa shape index (κ1) is 32.6. The smallest absolute Gasteiger partial charge is 0.317 e. The maximum Gasteiger partial charge on any atom is 0.375 e. The molecule has 0 fully saturated rings. The third-order valence-corrected chi connectivity index (χ3v) is 8.30. The number of rotatable bonds is 25. The maximum absolute atomic E-state index is 11.4. The van der Waals surface area contributed by atoms with Gasteiger partial charge in [0.15, 0.2) is 5.78 Å². The average molecular weight is 485 g/mol. The van der Waals surface area contributed by atoms with Crippen molar-refractivity contribution >= 4 is 7.68 Å². The normalized spacial score (nSPS) is 13.1. The molecule has 0 saturated heterocycles. The number of nitrogens with zero attached hydrogens (tertiary/aromatic N) is 1. The van der Waals surface area contributed by atoms with Crippen molar-refractivity contribution in [2.45, 2.75) is 154 Å². The Kier molecular flexibility index (Phi) is 23.1. The van der Waals surface area contributed by atoms with Gasteiger partial charge in [-0.1, -0.05) is 128 Å². The van der Waals surface area contributed by atoms with Crippen LogP contribution in [0.2, 0.25) is 0 Å². The van der Waals surface area contributed by atoms with Crippen LogP contribution in [0.15, 0.2) is 12.2 Å². The quantitative estimate of drug-likeness (QED) is 0.0559. The molecule has 0 aliphatic carbocycles. The highest BCUT2D eigenvalue weighted by Crippen LogP contribution is 2.26. The van der Waals surface area contributed by atoms with Crippen LogP contribution in [0.4, 0.5) is 0 Å². The van der Waals surface area contributed by atoms with Crippen molar-refractivity contribution in [1.29, 1.82) is 0 Å². The summed E-state index contributed by atoms with van der Waals surface area (Å²) in [5.74, 6) is -0.261. The first-order chi connectivity index (χ1) is 15.9. The lowest BCUT2D eigenvalue weighted by atomic mass is 10.0. The van der Waals surface area contributed by atoms with Crippen molar-refractivity contribution in [3.8, 4) is 0 Å². The van der Waals surface area contributed by atoms with Crippen LogP contribution in [-0.4, -0.2) is 31.4 Å². The zero-order chi connectivity index (χ0) is 24.6. The molecule has 0 aromatic rings. The molecule has 0 aromatic carbocycles. The van der Waals surface area contributed by atoms with Crippen molar-refractivity contribution in [1.82, 2.24) is 0 Å². The van der Waals surface area contributed by atoms with E-state index in [9.17, 15) is 9.13 Å². The van der Waals surface area contributed by atoms with Gasteiger partial charge in [0.05, 0.1) is 21.1 Å². The van der Waals surface area contributed by atoms with Gasteiger partial charge in [-0.15, -0.1) is 0 Å². The first-order valence-corrected chi connectivity index (χ1v) is 15.7. The molecule has 0 rings (SSSR count). The van der Waals surface area contributed by atoms with Gasteiger partial charge in [-0.2, -0.15) is 0 Å². The third-order valence-electron chi connectivity index (χ3n) is 6.86. The SMILES string of the molecule is CCCCCCCCCCCCCCCCCCCCC=CCCCC(P(=O)=O)[N+](C)(C)C. The Balaban J connectivity index is 3.29. The molecule has 0 aliphatic heterocycles. The summed E-state index contributed by atoms with van der Waals surface area (Å²) >= 11 is 0. The van der Waals surface area contributed by atoms with Crippen LogP contribution >= 0.6 is 7.68 Å². The summed E-state index contributed by atoms with van der Waals surface area (Å²) in [6.07, 6.45) is 34.0. The highest BCUT2D eigenvalue weighted by atomic mass is 31.1. The van der Waals surface area contributed by atoms with Gasteiger partial charge in [-0.3, -0.25) is 0 Å². The molecular formula is C29H59NO2P+. The third kappa shape index (κ3) is 23.1. The summed E-state index contributed by atoms with van der Waals surface area (Å²) in [5, 5.41) is 0. The second-order valence-electron chi connectivity index (χ2n) is 11.1. The highest BCUT2D eigenvalue weighted by molar-refractivity contribution is 7.31. The number of hydrogen-bond donors (Lipinski definition) is 0. The minimum Gasteiger partial charge on any atom is -0.317 e. The van der Waals surface area contributed by atoms with Gasteiger partial charge >= 0.3 is 7.68 Å². The maximum atomic E-state index is 11.4. The second-order valence-corrected chi connectivity index (χ2v) is 12.3. The molecule has 196 valence electrons. The molecule has 0 aromatic heterocycles. The number of hydrogen-bond acceptors (Lipinski definition) is 2. The molecule has 0 aliphatic rings. The van der Waals surface area contributed by atoms with E-state index < -0.39 is 7.68 Å². The van der Waals surface area contributed by atoms with Gasteiger partial charge < -0.3 is 4.48 Å². The zero-order valence-corrected chi connectivity index (χ0v) is 23.9. The topological polar surface area (TPSA) is 34.1 Å². The van der Waals surface area contributed by atoms with E-state index in [1.807, 2.05) is 21.1 Å². The molecule has 0 radical (unpaired) electrons. The zero-order valence-electron chi connectivity index (χ0n) is 23.0. The van der Waals surface area contributed by atoms with Gasteiger partial charge in [0, 0.05) is 6.42 Å². The fourth-order valence-corrected chi connectivity index (χ4v) is 5.55. The van der Waals surface area contributed by atoms with Crippen LogP contribution in [0.3, 0.4) is 0 Å². The molecular weight excluding hydrogens is 425 g/mol. The Morgan fingerprint density at radius 1 is 0.545 bits per heavy atom. The average Bonchev–Trinajstić information content (AvgIpc) is 2.75. The van der Waals surface area contributed by atoms with E-state index in [0.717, 1.165) is 19.3 Å². The molecule has 4 heteroatoms. The Morgan fingerprint density at radius 2 is 0.879 bits per heavy atom. The van der Waals surface area contributed by atoms with Gasteiger partial charge in [0.1, 0.15) is 0 Å². The number of unbranched alkanes of at least 4 members (excludes halogenated alkanes) is 19. The summed E-state index contributed by atoms with van der Waals surface area (Å²) in [5.41, 5.74) is 0. The van der Waals surface area contributed by atoms with Crippen molar-refractivity contribution in [2.24, 2.45) is 0 Å². The van der Waals surface area contributed by atoms with Crippen LogP contribution in [0.1, 0.15) is 148 Å². The Morgan fingerprint density at radius 3 is 1.21 bits per heavy atom. The molecule has 0 N–H and O–H groups in total. The molecule has 0 bridgehead atoms. The predicted octanol–water partition coefficient (Wildman–Crippen LogP) is 10.3. The fourth-order valence-electron chi connectivity index (χ4n) is 4.59. The van der Waals surface area contributed by atoms with E-state index in [1.54, 1.807) is 0 Å². The van der Waals surface area contributed by atoms with E-state index in [2.05, 4.69) is 19.1 Å². The van der Waals surface area contributed by atoms with Crippen LogP contribution in [-0.2, 0) is 9.13 Å². The van der Waals surface area contributed by atoms with E-state index in [1.165, 1.54) is 122 Å². The molecule has 1 unspecified atom stereocenters. The Bertz CT molecular complexity index is 500. The van der Waals surface area contributed by atoms with Crippen molar-refractivity contribution in [3.05, 3.63) is 12.2 Å². The summed E-state index contributed by atoms with van der Waals surface area (Å²) < 4.78 is 23.3. The number of quaternary nitrogens is 1. The van der Waals surface area contributed by atoms with Crippen molar-refractivity contribution in [3.63, 3.8) is 0 Å². The van der Waals surface area contributed by atoms with Crippen LogP contribution in [0.25, 0.3) is 0 Å². The minimum atomic E-state index is -2.35. The number of allylic oxidation sites excluding steroid dienone is 2. The van der Waals surface area contributed by atoms with E-state index in [4.69, 9.17) is 0 Å². The van der Waals surface area contributed by atoms with Crippen molar-refractivity contribution < 1.29 is 13.6 Å². The lowest BCUT2D eigenvalue weighted by Crippen LogP contribution is -2.42. The summed E-state index contributed by atoms with van der Waals surface area (Å²) in [4.78, 5) is 0. The molecule has 0 heterocycles. The van der Waals surface area contributed by atoms with E-state index in [-0.39, 0.29) is 5.78 Å². The van der Waals surface area contributed by atoms with E-state index >= 15 is 0 Å². The molecule has 0 saturated carbocycles. The van der Waals surface area contributed by atoms with E-state index in [0.29, 0.717) is 4.48 Å². The lowest BCUT2D eigenvalue weighted by Gasteiger charge is -2.29. The van der Waals surface area contributed by atoms with Crippen molar-refractivity contribution in [2.75, 3.05) is 21.1 Å². The van der Waals surface area contributed by atoms with Gasteiger partial charge in [-0.05, 0) is 25.7 Å². The van der Waals surface area contributed by atoms with Crippen LogP contribution in [0.5, 0.6) is 0 Å². The molecule has 3 nitrogen and oxygen atoms in total. The largest absolute Gasteiger partial charge is 0.375 e. The van der Waals surface area contributed by atoms with Gasteiger partial charge in [0.25, 0.3) is 0 Å². The fraction of sp³-hybridized carbons (Fsp3) is 0.931. The summed E-state index contributed by atoms with van der Waals surface area (Å²) in [6, 6.07) is 0. The highest BCUT2D eigenvalue weighted by Gasteiger charge is 2.28. The van der Waals surface area contributed by atoms with Crippen LogP contribution < -0.4 is 0 Å². The predicted molar refractivity (Wildman–Crippen MR) is 147 cm³/mol.